The summed E-state index contributed by atoms with van der Waals surface area (Å²) >= 11 is 3.38. The van der Waals surface area contributed by atoms with Gasteiger partial charge in [-0.3, -0.25) is 10.1 Å². The highest BCUT2D eigenvalue weighted by Gasteiger charge is 2.08. The Labute approximate surface area is 113 Å². The molecule has 0 fully saturated rings. The van der Waals surface area contributed by atoms with E-state index in [1.54, 1.807) is 6.07 Å². The molecule has 0 heterocycles. The minimum Gasteiger partial charge on any atom is -0.355 e. The van der Waals surface area contributed by atoms with Crippen LogP contribution in [-0.4, -0.2) is 4.92 Å². The summed E-state index contributed by atoms with van der Waals surface area (Å²) in [6.45, 7) is 1.91. The maximum atomic E-state index is 10.7. The molecule has 0 amide bonds. The van der Waals surface area contributed by atoms with Gasteiger partial charge in [0, 0.05) is 28.0 Å². The van der Waals surface area contributed by atoms with E-state index in [1.165, 1.54) is 12.1 Å². The van der Waals surface area contributed by atoms with E-state index in [0.717, 1.165) is 21.4 Å². The van der Waals surface area contributed by atoms with E-state index in [9.17, 15) is 10.1 Å². The smallest absolute Gasteiger partial charge is 0.271 e. The molecule has 2 aromatic rings. The van der Waals surface area contributed by atoms with Crippen LogP contribution in [0.3, 0.4) is 0 Å². The second kappa shape index (κ2) is 5.18. The predicted octanol–water partition coefficient (Wildman–Crippen LogP) is 4.41. The van der Waals surface area contributed by atoms with E-state index in [1.807, 2.05) is 31.2 Å². The monoisotopic (exact) mass is 306 g/mol. The maximum absolute atomic E-state index is 10.7. The van der Waals surface area contributed by atoms with Crippen molar-refractivity contribution in [2.24, 2.45) is 0 Å². The number of aryl methyl sites for hydroxylation is 1. The summed E-state index contributed by atoms with van der Waals surface area (Å²) in [5.74, 6) is 0. The molecule has 1 N–H and O–H groups in total. The topological polar surface area (TPSA) is 55.2 Å². The second-order valence-corrected chi connectivity index (χ2v) is 4.81. The molecule has 5 heteroatoms. The summed E-state index contributed by atoms with van der Waals surface area (Å²) in [6.07, 6.45) is 0. The largest absolute Gasteiger partial charge is 0.355 e. The lowest BCUT2D eigenvalue weighted by molar-refractivity contribution is -0.384. The van der Waals surface area contributed by atoms with Crippen LogP contribution in [0, 0.1) is 17.0 Å². The zero-order valence-corrected chi connectivity index (χ0v) is 11.3. The average Bonchev–Trinajstić information content (AvgIpc) is 2.31. The van der Waals surface area contributed by atoms with Crippen LogP contribution in [0.15, 0.2) is 46.9 Å². The number of hydrogen-bond donors (Lipinski definition) is 1. The quantitative estimate of drug-likeness (QED) is 0.675. The molecule has 18 heavy (non-hydrogen) atoms. The zero-order chi connectivity index (χ0) is 13.1. The summed E-state index contributed by atoms with van der Waals surface area (Å²) in [5, 5.41) is 13.9. The first kappa shape index (κ1) is 12.6. The number of halogens is 1. The lowest BCUT2D eigenvalue weighted by Gasteiger charge is -2.09. The van der Waals surface area contributed by atoms with Crippen LogP contribution in [0.2, 0.25) is 0 Å². The highest BCUT2D eigenvalue weighted by atomic mass is 79.9. The third-order valence-corrected chi connectivity index (χ3v) is 3.03. The van der Waals surface area contributed by atoms with Crippen molar-refractivity contribution in [3.05, 3.63) is 62.6 Å². The second-order valence-electron chi connectivity index (χ2n) is 3.89. The van der Waals surface area contributed by atoms with Gasteiger partial charge in [0.05, 0.1) is 4.92 Å². The molecule has 2 rings (SSSR count). The first-order chi connectivity index (χ1) is 8.56. The highest BCUT2D eigenvalue weighted by molar-refractivity contribution is 9.10. The molecule has 0 aromatic heterocycles. The first-order valence-electron chi connectivity index (χ1n) is 5.34. The van der Waals surface area contributed by atoms with Crippen LogP contribution < -0.4 is 5.32 Å². The molecular weight excluding hydrogens is 296 g/mol. The molecule has 0 saturated carbocycles. The molecule has 0 saturated heterocycles. The van der Waals surface area contributed by atoms with Gasteiger partial charge >= 0.3 is 0 Å². The average molecular weight is 307 g/mol. The van der Waals surface area contributed by atoms with Crippen LogP contribution in [0.5, 0.6) is 0 Å². The lowest BCUT2D eigenvalue weighted by atomic mass is 10.1. The van der Waals surface area contributed by atoms with Gasteiger partial charge in [0.1, 0.15) is 0 Å². The third kappa shape index (κ3) is 2.87. The van der Waals surface area contributed by atoms with Crippen molar-refractivity contribution in [1.82, 2.24) is 0 Å². The Balaban J connectivity index is 2.33. The molecule has 0 aliphatic carbocycles. The van der Waals surface area contributed by atoms with Gasteiger partial charge < -0.3 is 5.32 Å². The number of anilines is 2. The van der Waals surface area contributed by atoms with E-state index >= 15 is 0 Å². The fourth-order valence-corrected chi connectivity index (χ4v) is 1.98. The Morgan fingerprint density at radius 2 is 2.00 bits per heavy atom. The normalized spacial score (nSPS) is 10.1. The Bertz CT molecular complexity index is 599. The fraction of sp³-hybridized carbons (Fsp3) is 0.0769. The lowest BCUT2D eigenvalue weighted by Crippen LogP contribution is -1.95. The van der Waals surface area contributed by atoms with Gasteiger partial charge in [0.25, 0.3) is 5.69 Å². The third-order valence-electron chi connectivity index (χ3n) is 2.54. The molecule has 2 aromatic carbocycles. The van der Waals surface area contributed by atoms with Gasteiger partial charge in [0.2, 0.25) is 0 Å². The number of nitrogens with one attached hydrogen (secondary N) is 1. The predicted molar refractivity (Wildman–Crippen MR) is 75.3 cm³/mol. The number of benzene rings is 2. The Morgan fingerprint density at radius 3 is 2.67 bits per heavy atom. The van der Waals surface area contributed by atoms with Gasteiger partial charge in [-0.2, -0.15) is 0 Å². The zero-order valence-electron chi connectivity index (χ0n) is 9.68. The summed E-state index contributed by atoms with van der Waals surface area (Å²) in [4.78, 5) is 10.3. The first-order valence-corrected chi connectivity index (χ1v) is 6.13. The number of non-ortho nitro benzene ring substituents is 1. The summed E-state index contributed by atoms with van der Waals surface area (Å²) in [5.41, 5.74) is 2.66. The van der Waals surface area contributed by atoms with Crippen LogP contribution in [0.25, 0.3) is 0 Å². The minimum atomic E-state index is -0.397. The van der Waals surface area contributed by atoms with Crippen molar-refractivity contribution in [3.63, 3.8) is 0 Å². The molecule has 0 spiro atoms. The molecule has 0 atom stereocenters. The van der Waals surface area contributed by atoms with Crippen LogP contribution in [0.1, 0.15) is 5.56 Å². The van der Waals surface area contributed by atoms with Gasteiger partial charge in [-0.05, 0) is 30.7 Å². The van der Waals surface area contributed by atoms with Gasteiger partial charge in [-0.25, -0.2) is 0 Å². The number of nitro benzene ring substituents is 1. The molecule has 0 aliphatic rings. The van der Waals surface area contributed by atoms with Gasteiger partial charge in [-0.15, -0.1) is 0 Å². The molecular formula is C13H11BrN2O2. The molecule has 0 unspecified atom stereocenters. The number of nitrogens with zero attached hydrogens (tertiary/aromatic N) is 1. The molecule has 0 aliphatic heterocycles. The number of rotatable bonds is 3. The standard InChI is InChI=1S/C13H11BrN2O2/c1-9-5-6-12(16(17)18)8-13(9)15-11-4-2-3-10(14)7-11/h2-8,15H,1H3. The van der Waals surface area contributed by atoms with Crippen molar-refractivity contribution in [1.29, 1.82) is 0 Å². The van der Waals surface area contributed by atoms with E-state index in [-0.39, 0.29) is 5.69 Å². The van der Waals surface area contributed by atoms with E-state index in [0.29, 0.717) is 0 Å². The summed E-state index contributed by atoms with van der Waals surface area (Å²) in [6, 6.07) is 12.4. The highest BCUT2D eigenvalue weighted by Crippen LogP contribution is 2.26. The van der Waals surface area contributed by atoms with Crippen LogP contribution >= 0.6 is 15.9 Å². The van der Waals surface area contributed by atoms with Crippen molar-refractivity contribution < 1.29 is 4.92 Å². The van der Waals surface area contributed by atoms with Crippen molar-refractivity contribution in [3.8, 4) is 0 Å². The molecule has 92 valence electrons. The molecule has 0 radical (unpaired) electrons. The summed E-state index contributed by atoms with van der Waals surface area (Å²) in [7, 11) is 0. The van der Waals surface area contributed by atoms with Crippen molar-refractivity contribution in [2.75, 3.05) is 5.32 Å². The van der Waals surface area contributed by atoms with Crippen LogP contribution in [-0.2, 0) is 0 Å². The fourth-order valence-electron chi connectivity index (χ4n) is 1.58. The molecule has 0 bridgehead atoms. The number of nitro groups is 1. The SMILES string of the molecule is Cc1ccc([N+](=O)[O-])cc1Nc1cccc(Br)c1. The van der Waals surface area contributed by atoms with Gasteiger partial charge in [0.15, 0.2) is 0 Å². The molecule has 4 nitrogen and oxygen atoms in total. The van der Waals surface area contributed by atoms with E-state index in [2.05, 4.69) is 21.2 Å². The Kier molecular flexibility index (Phi) is 3.62. The van der Waals surface area contributed by atoms with Crippen LogP contribution in [0.4, 0.5) is 17.1 Å². The maximum Gasteiger partial charge on any atom is 0.271 e. The summed E-state index contributed by atoms with van der Waals surface area (Å²) < 4.78 is 0.954. The van der Waals surface area contributed by atoms with E-state index < -0.39 is 4.92 Å². The number of hydrogen-bond acceptors (Lipinski definition) is 3. The van der Waals surface area contributed by atoms with E-state index in [4.69, 9.17) is 0 Å². The van der Waals surface area contributed by atoms with Crippen molar-refractivity contribution >= 4 is 33.0 Å². The Hall–Kier alpha value is -1.88. The van der Waals surface area contributed by atoms with Gasteiger partial charge in [-0.1, -0.05) is 28.1 Å². The van der Waals surface area contributed by atoms with Crippen molar-refractivity contribution in [2.45, 2.75) is 6.92 Å². The minimum absolute atomic E-state index is 0.0816. The Morgan fingerprint density at radius 1 is 1.22 bits per heavy atom.